The Balaban J connectivity index is 1.76. The summed E-state index contributed by atoms with van der Waals surface area (Å²) in [4.78, 5) is 13.7. The van der Waals surface area contributed by atoms with E-state index in [2.05, 4.69) is 25.1 Å². The highest BCUT2D eigenvalue weighted by molar-refractivity contribution is 5.45. The molecule has 5 nitrogen and oxygen atoms in total. The second-order valence-electron chi connectivity index (χ2n) is 4.65. The number of anilines is 2. The van der Waals surface area contributed by atoms with E-state index in [4.69, 9.17) is 0 Å². The van der Waals surface area contributed by atoms with Gasteiger partial charge in [0.15, 0.2) is 0 Å². The third-order valence-corrected chi connectivity index (χ3v) is 3.43. The first-order valence-corrected chi connectivity index (χ1v) is 6.47. The van der Waals surface area contributed by atoms with Crippen LogP contribution in [0, 0.1) is 0 Å². The average molecular weight is 233 g/mol. The van der Waals surface area contributed by atoms with E-state index in [1.165, 1.54) is 6.42 Å². The molecular formula is C12H19N5. The molecular weight excluding hydrogens is 214 g/mol. The zero-order valence-electron chi connectivity index (χ0n) is 10.1. The number of nitrogens with zero attached hydrogens (tertiary/aromatic N) is 4. The van der Waals surface area contributed by atoms with Crippen molar-refractivity contribution in [1.82, 2.24) is 15.3 Å². The maximum atomic E-state index is 4.67. The molecule has 0 radical (unpaired) electrons. The first kappa shape index (κ1) is 10.8. The van der Waals surface area contributed by atoms with Crippen LogP contribution in [0.2, 0.25) is 0 Å². The molecule has 1 N–H and O–H groups in total. The maximum Gasteiger partial charge on any atom is 0.227 e. The van der Waals surface area contributed by atoms with Gasteiger partial charge in [-0.25, -0.2) is 4.98 Å². The largest absolute Gasteiger partial charge is 0.356 e. The third kappa shape index (κ3) is 2.34. The molecule has 1 aromatic rings. The molecule has 5 heteroatoms. The van der Waals surface area contributed by atoms with E-state index in [1.54, 1.807) is 0 Å². The van der Waals surface area contributed by atoms with Crippen LogP contribution in [0.3, 0.4) is 0 Å². The molecule has 1 aromatic heterocycles. The highest BCUT2D eigenvalue weighted by atomic mass is 15.3. The minimum atomic E-state index is 0.887. The molecule has 3 rings (SSSR count). The van der Waals surface area contributed by atoms with Crippen molar-refractivity contribution in [3.05, 3.63) is 12.3 Å². The lowest BCUT2D eigenvalue weighted by molar-refractivity contribution is 0.608. The topological polar surface area (TPSA) is 44.3 Å². The normalized spacial score (nSPS) is 20.9. The van der Waals surface area contributed by atoms with Crippen LogP contribution in [-0.4, -0.2) is 49.2 Å². The van der Waals surface area contributed by atoms with Crippen molar-refractivity contribution < 1.29 is 0 Å². The molecule has 0 bridgehead atoms. The van der Waals surface area contributed by atoms with Crippen LogP contribution >= 0.6 is 0 Å². The molecule has 0 spiro atoms. The third-order valence-electron chi connectivity index (χ3n) is 3.43. The van der Waals surface area contributed by atoms with Gasteiger partial charge in [0, 0.05) is 38.9 Å². The fourth-order valence-corrected chi connectivity index (χ4v) is 2.26. The maximum absolute atomic E-state index is 4.67. The van der Waals surface area contributed by atoms with Crippen LogP contribution in [-0.2, 0) is 0 Å². The minimum Gasteiger partial charge on any atom is -0.356 e. The van der Waals surface area contributed by atoms with E-state index < -0.39 is 0 Å². The molecule has 92 valence electrons. The predicted molar refractivity (Wildman–Crippen MR) is 68.6 cm³/mol. The molecule has 0 aliphatic carbocycles. The van der Waals surface area contributed by atoms with Crippen LogP contribution < -0.4 is 15.1 Å². The summed E-state index contributed by atoms with van der Waals surface area (Å²) in [7, 11) is 0. The molecule has 17 heavy (non-hydrogen) atoms. The van der Waals surface area contributed by atoms with Crippen molar-refractivity contribution >= 4 is 11.8 Å². The van der Waals surface area contributed by atoms with E-state index in [0.29, 0.717) is 0 Å². The fraction of sp³-hybridized carbons (Fsp3) is 0.667. The highest BCUT2D eigenvalue weighted by Gasteiger charge is 2.18. The van der Waals surface area contributed by atoms with E-state index >= 15 is 0 Å². The minimum absolute atomic E-state index is 0.887. The van der Waals surface area contributed by atoms with E-state index in [-0.39, 0.29) is 0 Å². The van der Waals surface area contributed by atoms with Gasteiger partial charge < -0.3 is 15.1 Å². The summed E-state index contributed by atoms with van der Waals surface area (Å²) in [5.74, 6) is 1.97. The van der Waals surface area contributed by atoms with Gasteiger partial charge in [-0.3, -0.25) is 0 Å². The van der Waals surface area contributed by atoms with E-state index in [1.807, 2.05) is 12.3 Å². The Hall–Kier alpha value is -1.36. The van der Waals surface area contributed by atoms with Gasteiger partial charge in [-0.1, -0.05) is 0 Å². The lowest BCUT2D eigenvalue weighted by Gasteiger charge is -2.32. The van der Waals surface area contributed by atoms with Crippen molar-refractivity contribution in [2.24, 2.45) is 0 Å². The highest BCUT2D eigenvalue weighted by Crippen LogP contribution is 2.19. The van der Waals surface area contributed by atoms with Crippen molar-refractivity contribution in [2.75, 3.05) is 49.1 Å². The van der Waals surface area contributed by atoms with Crippen molar-refractivity contribution in [3.8, 4) is 0 Å². The molecule has 2 aliphatic heterocycles. The summed E-state index contributed by atoms with van der Waals surface area (Å²) < 4.78 is 0. The zero-order valence-corrected chi connectivity index (χ0v) is 10.1. The molecule has 2 saturated heterocycles. The molecule has 0 atom stereocenters. The first-order chi connectivity index (χ1) is 8.43. The SMILES string of the molecule is c1cc(N2CCC2)nc(N2CCCNCC2)n1. The predicted octanol–water partition coefficient (Wildman–Crippen LogP) is 0.486. The Kier molecular flexibility index (Phi) is 3.09. The lowest BCUT2D eigenvalue weighted by atomic mass is 10.2. The lowest BCUT2D eigenvalue weighted by Crippen LogP contribution is -2.38. The number of hydrogen-bond acceptors (Lipinski definition) is 5. The van der Waals surface area contributed by atoms with Gasteiger partial charge in [-0.15, -0.1) is 0 Å². The van der Waals surface area contributed by atoms with Gasteiger partial charge >= 0.3 is 0 Å². The summed E-state index contributed by atoms with van der Waals surface area (Å²) >= 11 is 0. The molecule has 0 aromatic carbocycles. The Bertz CT molecular complexity index is 369. The fourth-order valence-electron chi connectivity index (χ4n) is 2.26. The van der Waals surface area contributed by atoms with Gasteiger partial charge in [-0.05, 0) is 25.5 Å². The van der Waals surface area contributed by atoms with Crippen LogP contribution in [0.5, 0.6) is 0 Å². The summed E-state index contributed by atoms with van der Waals surface area (Å²) in [5, 5.41) is 3.40. The second-order valence-corrected chi connectivity index (χ2v) is 4.65. The van der Waals surface area contributed by atoms with Gasteiger partial charge in [-0.2, -0.15) is 4.98 Å². The Morgan fingerprint density at radius 2 is 1.88 bits per heavy atom. The average Bonchev–Trinajstić information content (AvgIpc) is 2.55. The Morgan fingerprint density at radius 3 is 2.71 bits per heavy atom. The van der Waals surface area contributed by atoms with Crippen LogP contribution in [0.4, 0.5) is 11.8 Å². The second kappa shape index (κ2) is 4.87. The molecule has 2 aliphatic rings. The molecule has 3 heterocycles. The van der Waals surface area contributed by atoms with Gasteiger partial charge in [0.05, 0.1) is 0 Å². The van der Waals surface area contributed by atoms with Crippen molar-refractivity contribution in [2.45, 2.75) is 12.8 Å². The quantitative estimate of drug-likeness (QED) is 0.805. The number of hydrogen-bond donors (Lipinski definition) is 1. The summed E-state index contributed by atoms with van der Waals surface area (Å²) in [6.07, 6.45) is 4.33. The molecule has 0 saturated carbocycles. The molecule has 2 fully saturated rings. The summed E-state index contributed by atoms with van der Waals surface area (Å²) in [5.41, 5.74) is 0. The van der Waals surface area contributed by atoms with Crippen molar-refractivity contribution in [1.29, 1.82) is 0 Å². The first-order valence-electron chi connectivity index (χ1n) is 6.47. The summed E-state index contributed by atoms with van der Waals surface area (Å²) in [6.45, 7) is 6.45. The number of aromatic nitrogens is 2. The van der Waals surface area contributed by atoms with Crippen LogP contribution in [0.15, 0.2) is 12.3 Å². The van der Waals surface area contributed by atoms with E-state index in [0.717, 1.165) is 57.5 Å². The van der Waals surface area contributed by atoms with E-state index in [9.17, 15) is 0 Å². The monoisotopic (exact) mass is 233 g/mol. The summed E-state index contributed by atoms with van der Waals surface area (Å²) in [6, 6.07) is 2.01. The number of nitrogens with one attached hydrogen (secondary N) is 1. The van der Waals surface area contributed by atoms with Gasteiger partial charge in [0.25, 0.3) is 0 Å². The van der Waals surface area contributed by atoms with Crippen LogP contribution in [0.1, 0.15) is 12.8 Å². The number of rotatable bonds is 2. The van der Waals surface area contributed by atoms with Crippen molar-refractivity contribution in [3.63, 3.8) is 0 Å². The van der Waals surface area contributed by atoms with Gasteiger partial charge in [0.2, 0.25) is 5.95 Å². The standard InChI is InChI=1S/C12H19N5/c1-4-13-6-10-17(7-1)12-14-5-3-11(15-12)16-8-2-9-16/h3,5,13H,1-2,4,6-10H2. The Labute approximate surface area is 102 Å². The Morgan fingerprint density at radius 1 is 1.00 bits per heavy atom. The molecule has 0 unspecified atom stereocenters. The molecule has 0 amide bonds. The van der Waals surface area contributed by atoms with Gasteiger partial charge in [0.1, 0.15) is 5.82 Å². The van der Waals surface area contributed by atoms with Crippen LogP contribution in [0.25, 0.3) is 0 Å². The smallest absolute Gasteiger partial charge is 0.227 e. The zero-order chi connectivity index (χ0) is 11.5.